The Morgan fingerprint density at radius 3 is 1.42 bits per heavy atom. The molecule has 0 amide bonds. The van der Waals surface area contributed by atoms with E-state index in [0.29, 0.717) is 0 Å². The fraction of sp³-hybridized carbons (Fsp3) is 0.273. The van der Waals surface area contributed by atoms with E-state index in [-0.39, 0.29) is 7.92 Å². The van der Waals surface area contributed by atoms with Gasteiger partial charge in [-0.15, -0.1) is 23.5 Å². The molecule has 0 bridgehead atoms. The Morgan fingerprint density at radius 1 is 0.604 bits per heavy atom. The summed E-state index contributed by atoms with van der Waals surface area (Å²) in [5.74, 6) is 2.31. The normalized spacial score (nSPS) is 11.4. The quantitative estimate of drug-likeness (QED) is 0.151. The lowest BCUT2D eigenvalue weighted by Gasteiger charge is -2.13. The first-order valence-electron chi connectivity index (χ1n) is 16.7. The van der Waals surface area contributed by atoms with Crippen molar-refractivity contribution >= 4 is 55.9 Å². The first-order chi connectivity index (χ1) is 23.4. The highest BCUT2D eigenvalue weighted by Gasteiger charge is 2.08. The Balaban J connectivity index is -0.000000576. The van der Waals surface area contributed by atoms with Crippen LogP contribution in [0.15, 0.2) is 173 Å². The average Bonchev–Trinajstić information content (AvgIpc) is 3.16. The van der Waals surface area contributed by atoms with Crippen LogP contribution in [0, 0.1) is 0 Å². The van der Waals surface area contributed by atoms with E-state index < -0.39 is 0 Å². The minimum atomic E-state index is -0.332. The van der Waals surface area contributed by atoms with E-state index in [9.17, 15) is 0 Å². The zero-order chi connectivity index (χ0) is 36.8. The Bertz CT molecular complexity index is 1260. The lowest BCUT2D eigenvalue weighted by molar-refractivity contribution is 1.50. The highest BCUT2D eigenvalue weighted by Crippen LogP contribution is 2.34. The Kier molecular flexibility index (Phi) is 40.3. The summed E-state index contributed by atoms with van der Waals surface area (Å²) >= 11 is 3.56. The maximum atomic E-state index is 3.63. The van der Waals surface area contributed by atoms with Crippen LogP contribution < -0.4 is 15.9 Å². The zero-order valence-corrected chi connectivity index (χ0v) is 35.4. The number of allylic oxidation sites excluding steroid dienone is 12. The third-order valence-corrected chi connectivity index (χ3v) is 10.8. The van der Waals surface area contributed by atoms with E-state index in [1.807, 2.05) is 71.9 Å². The summed E-state index contributed by atoms with van der Waals surface area (Å²) in [5, 5.41) is 5.58. The second-order valence-electron chi connectivity index (χ2n) is 9.10. The monoisotopic (exact) mass is 718 g/mol. The van der Waals surface area contributed by atoms with Gasteiger partial charge in [0.05, 0.1) is 0 Å². The molecule has 0 spiro atoms. The molecule has 0 aliphatic rings. The molecule has 48 heavy (non-hydrogen) atoms. The molecule has 0 aliphatic heterocycles. The van der Waals surface area contributed by atoms with Gasteiger partial charge in [-0.3, -0.25) is 0 Å². The summed E-state index contributed by atoms with van der Waals surface area (Å²) < 4.78 is 0. The molecular formula is C44H64P2S2. The van der Waals surface area contributed by atoms with Crippen molar-refractivity contribution in [2.75, 3.05) is 12.5 Å². The fourth-order valence-corrected chi connectivity index (χ4v) is 6.51. The van der Waals surface area contributed by atoms with Crippen LogP contribution in [0.3, 0.4) is 0 Å². The van der Waals surface area contributed by atoms with Crippen LogP contribution in [0.2, 0.25) is 0 Å². The summed E-state index contributed by atoms with van der Waals surface area (Å²) in [5.41, 5.74) is 0. The summed E-state index contributed by atoms with van der Waals surface area (Å²) in [4.78, 5) is 2.73. The molecule has 1 atom stereocenters. The van der Waals surface area contributed by atoms with Crippen molar-refractivity contribution in [1.29, 1.82) is 0 Å². The molecule has 1 unspecified atom stereocenters. The maximum Gasteiger partial charge on any atom is -0.0140 e. The first kappa shape index (κ1) is 49.8. The number of rotatable bonds is 10. The topological polar surface area (TPSA) is 0 Å². The van der Waals surface area contributed by atoms with Crippen molar-refractivity contribution in [2.45, 2.75) is 69.2 Å². The zero-order valence-electron chi connectivity index (χ0n) is 31.9. The molecule has 262 valence electrons. The average molecular weight is 719 g/mol. The van der Waals surface area contributed by atoms with Crippen molar-refractivity contribution in [3.8, 4) is 0 Å². The molecule has 4 heteroatoms. The van der Waals surface area contributed by atoms with Gasteiger partial charge >= 0.3 is 0 Å². The van der Waals surface area contributed by atoms with Gasteiger partial charge in [-0.2, -0.15) is 0 Å². The molecule has 0 saturated heterocycles. The third-order valence-electron chi connectivity index (χ3n) is 5.65. The molecule has 0 heterocycles. The standard InChI is InChI=1S/C15H15P.C13H15P.C7H12S.C5H10S.2C2H6/c1-2-13-16(14-9-5-3-6-10-14)15-11-7-4-8-12-15;1-3-4-6-9-12(2)14-13-10-7-5-8-11-13;1-4-5-6-7(2)8-3;1-4-5(2)6-3;2*1-2/h2-13H,1H3;3-11,14H,1H2,2H3;4-6H,1-3H3;4H,1-3H3;2*1-2H3/b13-2-;6-4-,12-9+;5-4-,7-6+;5-4+;;. The predicted octanol–water partition coefficient (Wildman–Crippen LogP) is 14.4. The van der Waals surface area contributed by atoms with Gasteiger partial charge in [-0.1, -0.05) is 194 Å². The Morgan fingerprint density at radius 2 is 1.06 bits per heavy atom. The van der Waals surface area contributed by atoms with Crippen LogP contribution in [0.1, 0.15) is 69.2 Å². The predicted molar refractivity (Wildman–Crippen MR) is 239 cm³/mol. The van der Waals surface area contributed by atoms with Crippen molar-refractivity contribution in [1.82, 2.24) is 0 Å². The summed E-state index contributed by atoms with van der Waals surface area (Å²) in [6.07, 6.45) is 22.5. The van der Waals surface area contributed by atoms with Crippen LogP contribution in [0.25, 0.3) is 0 Å². The van der Waals surface area contributed by atoms with E-state index in [2.05, 4.69) is 162 Å². The number of hydrogen-bond acceptors (Lipinski definition) is 2. The molecular weight excluding hydrogens is 655 g/mol. The van der Waals surface area contributed by atoms with Crippen LogP contribution in [-0.2, 0) is 0 Å². The highest BCUT2D eigenvalue weighted by atomic mass is 32.2. The van der Waals surface area contributed by atoms with Crippen molar-refractivity contribution in [2.24, 2.45) is 0 Å². The van der Waals surface area contributed by atoms with Crippen molar-refractivity contribution in [3.63, 3.8) is 0 Å². The molecule has 3 aromatic carbocycles. The highest BCUT2D eigenvalue weighted by molar-refractivity contribution is 8.02. The smallest absolute Gasteiger partial charge is 0.0140 e. The number of thioether (sulfide) groups is 2. The molecule has 0 aromatic heterocycles. The number of hydrogen-bond donors (Lipinski definition) is 0. The molecule has 3 rings (SSSR count). The second kappa shape index (κ2) is 38.8. The molecule has 0 N–H and O–H groups in total. The summed E-state index contributed by atoms with van der Waals surface area (Å²) in [6, 6.07) is 31.9. The molecule has 0 fully saturated rings. The minimum Gasteiger partial charge on any atom is -0.135 e. The van der Waals surface area contributed by atoms with E-state index in [1.165, 1.54) is 31.0 Å². The molecule has 0 saturated carbocycles. The summed E-state index contributed by atoms with van der Waals surface area (Å²) in [7, 11) is 0.434. The SMILES string of the molecule is C/C=C(\C)SC.C/C=C\C=C(/C)SC.C/C=C\P(c1ccccc1)c1ccccc1.C=C/C=C\C=C(/C)Pc1ccccc1.CC.CC. The molecule has 3 aromatic rings. The van der Waals surface area contributed by atoms with Gasteiger partial charge < -0.3 is 0 Å². The molecule has 0 radical (unpaired) electrons. The van der Waals surface area contributed by atoms with Crippen LogP contribution in [0.4, 0.5) is 0 Å². The van der Waals surface area contributed by atoms with Gasteiger partial charge in [0.2, 0.25) is 0 Å². The van der Waals surface area contributed by atoms with Gasteiger partial charge in [0, 0.05) is 0 Å². The Labute approximate surface area is 309 Å². The van der Waals surface area contributed by atoms with Gasteiger partial charge in [0.25, 0.3) is 0 Å². The molecule has 0 aliphatic carbocycles. The van der Waals surface area contributed by atoms with Crippen LogP contribution >= 0.6 is 40.0 Å². The van der Waals surface area contributed by atoms with E-state index in [1.54, 1.807) is 29.6 Å². The lowest BCUT2D eigenvalue weighted by atomic mass is 10.4. The van der Waals surface area contributed by atoms with Gasteiger partial charge in [0.15, 0.2) is 0 Å². The second-order valence-corrected chi connectivity index (χ2v) is 14.9. The van der Waals surface area contributed by atoms with E-state index in [0.717, 1.165) is 8.58 Å². The third kappa shape index (κ3) is 29.5. The fourth-order valence-electron chi connectivity index (χ4n) is 3.13. The van der Waals surface area contributed by atoms with Gasteiger partial charge in [-0.05, 0) is 93.0 Å². The summed E-state index contributed by atoms with van der Waals surface area (Å²) in [6.45, 7) is 24.1. The first-order valence-corrected chi connectivity index (χ1v) is 21.5. The van der Waals surface area contributed by atoms with Crippen LogP contribution in [-0.4, -0.2) is 12.5 Å². The van der Waals surface area contributed by atoms with E-state index >= 15 is 0 Å². The van der Waals surface area contributed by atoms with Crippen molar-refractivity contribution in [3.05, 3.63) is 173 Å². The van der Waals surface area contributed by atoms with Crippen molar-refractivity contribution < 1.29 is 0 Å². The number of benzene rings is 3. The lowest BCUT2D eigenvalue weighted by Crippen LogP contribution is -2.09. The Hall–Kier alpha value is -2.60. The largest absolute Gasteiger partial charge is 0.135 e. The van der Waals surface area contributed by atoms with Gasteiger partial charge in [0.1, 0.15) is 0 Å². The maximum absolute atomic E-state index is 3.63. The molecule has 0 nitrogen and oxygen atoms in total. The van der Waals surface area contributed by atoms with Gasteiger partial charge in [-0.25, -0.2) is 0 Å². The van der Waals surface area contributed by atoms with E-state index in [4.69, 9.17) is 0 Å². The minimum absolute atomic E-state index is 0.332. The van der Waals surface area contributed by atoms with Crippen LogP contribution in [0.5, 0.6) is 0 Å².